The molecule has 0 fully saturated rings. The van der Waals surface area contributed by atoms with E-state index in [1.165, 1.54) is 0 Å². The molecule has 7 N–H and O–H groups in total. The van der Waals surface area contributed by atoms with E-state index < -0.39 is 23.2 Å². The molecule has 0 bridgehead atoms. The number of aromatic hydroxyl groups is 3. The average molecular weight is 187 g/mol. The maximum absolute atomic E-state index is 10.5. The van der Waals surface area contributed by atoms with Gasteiger partial charge in [-0.25, -0.2) is 0 Å². The molecule has 0 radical (unpaired) electrons. The maximum Gasteiger partial charge on any atom is 0.248 e. The summed E-state index contributed by atoms with van der Waals surface area (Å²) in [6, 6.07) is 1.94. The standard InChI is InChI=1S/C7H7NO4.H2O/c8-7(12)3-1-4(9)6(11)5(10)2-3;/h1-2,9-11H,(H2,8,12);1H2. The largest absolute Gasteiger partial charge is 0.504 e. The molecule has 1 aromatic carbocycles. The number of hydrogen-bond donors (Lipinski definition) is 4. The Hall–Kier alpha value is -1.95. The number of carbonyl (C=O) groups is 1. The summed E-state index contributed by atoms with van der Waals surface area (Å²) in [5.74, 6) is -2.62. The van der Waals surface area contributed by atoms with E-state index in [-0.39, 0.29) is 11.0 Å². The Labute approximate surface area is 73.2 Å². The lowest BCUT2D eigenvalue weighted by atomic mass is 10.2. The zero-order valence-corrected chi connectivity index (χ0v) is 6.48. The Morgan fingerprint density at radius 3 is 1.85 bits per heavy atom. The number of rotatable bonds is 1. The van der Waals surface area contributed by atoms with Gasteiger partial charge < -0.3 is 26.5 Å². The van der Waals surface area contributed by atoms with Crippen molar-refractivity contribution >= 4 is 5.91 Å². The number of amides is 1. The lowest BCUT2D eigenvalue weighted by molar-refractivity contribution is 0.0999. The van der Waals surface area contributed by atoms with Crippen molar-refractivity contribution in [3.05, 3.63) is 17.7 Å². The smallest absolute Gasteiger partial charge is 0.248 e. The van der Waals surface area contributed by atoms with Gasteiger partial charge in [-0.15, -0.1) is 0 Å². The minimum atomic E-state index is -0.791. The molecule has 13 heavy (non-hydrogen) atoms. The monoisotopic (exact) mass is 187 g/mol. The van der Waals surface area contributed by atoms with E-state index in [4.69, 9.17) is 21.1 Å². The van der Waals surface area contributed by atoms with Crippen LogP contribution in [0.4, 0.5) is 0 Å². The molecule has 72 valence electrons. The molecular formula is C7H9NO5. The van der Waals surface area contributed by atoms with E-state index in [0.29, 0.717) is 0 Å². The molecule has 0 unspecified atom stereocenters. The molecule has 1 amide bonds. The van der Waals surface area contributed by atoms with Gasteiger partial charge in [0, 0.05) is 5.56 Å². The van der Waals surface area contributed by atoms with E-state index in [9.17, 15) is 4.79 Å². The zero-order chi connectivity index (χ0) is 9.30. The van der Waals surface area contributed by atoms with Crippen LogP contribution in [-0.2, 0) is 0 Å². The number of nitrogens with two attached hydrogens (primary N) is 1. The van der Waals surface area contributed by atoms with Gasteiger partial charge in [0.1, 0.15) is 0 Å². The molecule has 0 spiro atoms. The maximum atomic E-state index is 10.5. The van der Waals surface area contributed by atoms with Gasteiger partial charge >= 0.3 is 0 Å². The summed E-state index contributed by atoms with van der Waals surface area (Å²) < 4.78 is 0. The van der Waals surface area contributed by atoms with Crippen LogP contribution < -0.4 is 5.73 Å². The Kier molecular flexibility index (Phi) is 3.09. The highest BCUT2D eigenvalue weighted by atomic mass is 16.3. The van der Waals surface area contributed by atoms with Crippen molar-refractivity contribution in [2.24, 2.45) is 5.73 Å². The van der Waals surface area contributed by atoms with Crippen molar-refractivity contribution in [2.45, 2.75) is 0 Å². The van der Waals surface area contributed by atoms with Gasteiger partial charge in [-0.1, -0.05) is 0 Å². The van der Waals surface area contributed by atoms with Gasteiger partial charge in [-0.05, 0) is 12.1 Å². The average Bonchev–Trinajstić information content (AvgIpc) is 1.99. The van der Waals surface area contributed by atoms with Crippen molar-refractivity contribution in [1.82, 2.24) is 0 Å². The minimum absolute atomic E-state index is 0. The first kappa shape index (κ1) is 11.1. The van der Waals surface area contributed by atoms with Crippen LogP contribution in [0.3, 0.4) is 0 Å². The molecule has 0 aliphatic carbocycles. The first-order valence-corrected chi connectivity index (χ1v) is 3.07. The normalized spacial score (nSPS) is 8.92. The summed E-state index contributed by atoms with van der Waals surface area (Å²) in [6.07, 6.45) is 0. The Bertz CT molecular complexity index is 313. The third-order valence-electron chi connectivity index (χ3n) is 1.35. The zero-order valence-electron chi connectivity index (χ0n) is 6.48. The molecule has 0 aliphatic rings. The SMILES string of the molecule is NC(=O)c1cc(O)c(O)c(O)c1.O. The van der Waals surface area contributed by atoms with Crippen LogP contribution >= 0.6 is 0 Å². The highest BCUT2D eigenvalue weighted by Gasteiger charge is 2.10. The fraction of sp³-hybridized carbons (Fsp3) is 0. The van der Waals surface area contributed by atoms with Crippen LogP contribution in [0.5, 0.6) is 17.2 Å². The van der Waals surface area contributed by atoms with Crippen molar-refractivity contribution in [3.8, 4) is 17.2 Å². The van der Waals surface area contributed by atoms with Gasteiger partial charge in [0.05, 0.1) is 0 Å². The van der Waals surface area contributed by atoms with Gasteiger partial charge in [-0.3, -0.25) is 4.79 Å². The fourth-order valence-electron chi connectivity index (χ4n) is 0.746. The number of carbonyl (C=O) groups excluding carboxylic acids is 1. The molecular weight excluding hydrogens is 178 g/mol. The molecule has 6 nitrogen and oxygen atoms in total. The molecule has 6 heteroatoms. The lowest BCUT2D eigenvalue weighted by Crippen LogP contribution is -2.10. The third kappa shape index (κ3) is 2.00. The van der Waals surface area contributed by atoms with Crippen molar-refractivity contribution in [1.29, 1.82) is 0 Å². The van der Waals surface area contributed by atoms with E-state index in [1.807, 2.05) is 0 Å². The molecule has 0 saturated carbocycles. The Morgan fingerprint density at radius 2 is 1.54 bits per heavy atom. The predicted octanol–water partition coefficient (Wildman–Crippen LogP) is -0.922. The topological polar surface area (TPSA) is 135 Å². The first-order chi connectivity index (χ1) is 5.52. The van der Waals surface area contributed by atoms with Crippen LogP contribution in [0.1, 0.15) is 10.4 Å². The number of hydrogen-bond acceptors (Lipinski definition) is 4. The second kappa shape index (κ2) is 3.63. The Morgan fingerprint density at radius 1 is 1.15 bits per heavy atom. The van der Waals surface area contributed by atoms with Gasteiger partial charge in [0.25, 0.3) is 0 Å². The van der Waals surface area contributed by atoms with Gasteiger partial charge in [0.15, 0.2) is 17.2 Å². The lowest BCUT2D eigenvalue weighted by Gasteiger charge is -2.01. The molecule has 0 saturated heterocycles. The molecule has 1 aromatic rings. The van der Waals surface area contributed by atoms with Crippen LogP contribution in [0.2, 0.25) is 0 Å². The van der Waals surface area contributed by atoms with Crippen LogP contribution in [0.25, 0.3) is 0 Å². The van der Waals surface area contributed by atoms with E-state index in [1.54, 1.807) is 0 Å². The minimum Gasteiger partial charge on any atom is -0.504 e. The molecule has 0 aliphatic heterocycles. The van der Waals surface area contributed by atoms with Crippen molar-refractivity contribution < 1.29 is 25.6 Å². The quantitative estimate of drug-likeness (QED) is 0.422. The van der Waals surface area contributed by atoms with Crippen molar-refractivity contribution in [2.75, 3.05) is 0 Å². The van der Waals surface area contributed by atoms with E-state index >= 15 is 0 Å². The van der Waals surface area contributed by atoms with Crippen molar-refractivity contribution in [3.63, 3.8) is 0 Å². The number of phenols is 3. The second-order valence-corrected chi connectivity index (χ2v) is 2.23. The second-order valence-electron chi connectivity index (χ2n) is 2.23. The van der Waals surface area contributed by atoms with Crippen LogP contribution in [-0.4, -0.2) is 26.7 Å². The number of benzene rings is 1. The molecule has 0 atom stereocenters. The molecule has 1 rings (SSSR count). The van der Waals surface area contributed by atoms with Crippen LogP contribution in [0.15, 0.2) is 12.1 Å². The molecule has 0 heterocycles. The van der Waals surface area contributed by atoms with E-state index in [0.717, 1.165) is 12.1 Å². The third-order valence-corrected chi connectivity index (χ3v) is 1.35. The summed E-state index contributed by atoms with van der Waals surface area (Å²) in [5, 5.41) is 26.7. The molecule has 0 aromatic heterocycles. The predicted molar refractivity (Wildman–Crippen MR) is 43.6 cm³/mol. The van der Waals surface area contributed by atoms with E-state index in [2.05, 4.69) is 0 Å². The Balaban J connectivity index is 0.00000144. The number of phenolic OH excluding ortho intramolecular Hbond substituents is 3. The first-order valence-electron chi connectivity index (χ1n) is 3.07. The number of primary amides is 1. The summed E-state index contributed by atoms with van der Waals surface area (Å²) in [4.78, 5) is 10.5. The fourth-order valence-corrected chi connectivity index (χ4v) is 0.746. The van der Waals surface area contributed by atoms with Gasteiger partial charge in [0.2, 0.25) is 5.91 Å². The summed E-state index contributed by atoms with van der Waals surface area (Å²) in [6.45, 7) is 0. The highest BCUT2D eigenvalue weighted by molar-refractivity contribution is 5.94. The summed E-state index contributed by atoms with van der Waals surface area (Å²) in [5.41, 5.74) is 4.79. The highest BCUT2D eigenvalue weighted by Crippen LogP contribution is 2.34. The summed E-state index contributed by atoms with van der Waals surface area (Å²) >= 11 is 0. The van der Waals surface area contributed by atoms with Crippen LogP contribution in [0, 0.1) is 0 Å². The summed E-state index contributed by atoms with van der Waals surface area (Å²) in [7, 11) is 0. The van der Waals surface area contributed by atoms with Gasteiger partial charge in [-0.2, -0.15) is 0 Å².